The molecule has 2 heterocycles. The summed E-state index contributed by atoms with van der Waals surface area (Å²) in [6.45, 7) is 5.05. The number of hydrogen-bond acceptors (Lipinski definition) is 4. The number of halogens is 1. The predicted octanol–water partition coefficient (Wildman–Crippen LogP) is 4.24. The lowest BCUT2D eigenvalue weighted by molar-refractivity contribution is 0.132. The Bertz CT molecular complexity index is 595. The molecule has 1 saturated heterocycles. The summed E-state index contributed by atoms with van der Waals surface area (Å²) in [5.74, 6) is 0. The summed E-state index contributed by atoms with van der Waals surface area (Å²) in [6.07, 6.45) is 5.03. The Morgan fingerprint density at radius 3 is 2.78 bits per heavy atom. The van der Waals surface area contributed by atoms with Crippen LogP contribution in [0.2, 0.25) is 0 Å². The number of benzene rings is 1. The molecule has 1 aliphatic heterocycles. The van der Waals surface area contributed by atoms with Gasteiger partial charge < -0.3 is 5.73 Å². The molecule has 0 bridgehead atoms. The normalized spacial score (nSPS) is 18.6. The van der Waals surface area contributed by atoms with Gasteiger partial charge in [-0.1, -0.05) is 36.2 Å². The van der Waals surface area contributed by atoms with Crippen LogP contribution in [0.15, 0.2) is 29.6 Å². The average Bonchev–Trinajstić information content (AvgIpc) is 2.99. The Labute approximate surface area is 149 Å². The molecule has 1 atom stereocenters. The Hall–Kier alpha value is -0.940. The van der Waals surface area contributed by atoms with Crippen molar-refractivity contribution in [3.63, 3.8) is 0 Å². The first-order valence-corrected chi connectivity index (χ1v) is 9.10. The van der Waals surface area contributed by atoms with Gasteiger partial charge in [-0.3, -0.25) is 4.90 Å². The molecule has 23 heavy (non-hydrogen) atoms. The van der Waals surface area contributed by atoms with Crippen LogP contribution in [0.1, 0.15) is 36.9 Å². The lowest BCUT2D eigenvalue weighted by atomic mass is 9.99. The number of aryl methyl sites for hydroxylation is 1. The SMILES string of the molecule is Cc1ccc(-c2nc(CN3CCCCC3CCN)cs2)cc1.Cl. The van der Waals surface area contributed by atoms with Crippen LogP contribution in [-0.2, 0) is 6.54 Å². The molecule has 1 aromatic carbocycles. The lowest BCUT2D eigenvalue weighted by Crippen LogP contribution is -2.40. The number of rotatable bonds is 5. The van der Waals surface area contributed by atoms with Crippen LogP contribution in [-0.4, -0.2) is 29.0 Å². The van der Waals surface area contributed by atoms with Gasteiger partial charge in [0.2, 0.25) is 0 Å². The molecule has 0 radical (unpaired) electrons. The monoisotopic (exact) mass is 351 g/mol. The van der Waals surface area contributed by atoms with Gasteiger partial charge in [0, 0.05) is 23.5 Å². The first-order chi connectivity index (χ1) is 10.8. The van der Waals surface area contributed by atoms with Crippen LogP contribution in [0, 0.1) is 6.92 Å². The molecule has 1 aliphatic rings. The molecular weight excluding hydrogens is 326 g/mol. The summed E-state index contributed by atoms with van der Waals surface area (Å²) in [4.78, 5) is 7.42. The van der Waals surface area contributed by atoms with Gasteiger partial charge >= 0.3 is 0 Å². The van der Waals surface area contributed by atoms with E-state index in [4.69, 9.17) is 10.7 Å². The maximum absolute atomic E-state index is 5.77. The topological polar surface area (TPSA) is 42.2 Å². The number of hydrogen-bond donors (Lipinski definition) is 1. The number of nitrogens with two attached hydrogens (primary N) is 1. The van der Waals surface area contributed by atoms with E-state index in [9.17, 15) is 0 Å². The van der Waals surface area contributed by atoms with Gasteiger partial charge in [-0.25, -0.2) is 4.98 Å². The fraction of sp³-hybridized carbons (Fsp3) is 0.500. The number of likely N-dealkylation sites (tertiary alicyclic amines) is 1. The van der Waals surface area contributed by atoms with Gasteiger partial charge in [-0.05, 0) is 39.3 Å². The molecule has 126 valence electrons. The molecular formula is C18H26ClN3S. The van der Waals surface area contributed by atoms with E-state index >= 15 is 0 Å². The van der Waals surface area contributed by atoms with Gasteiger partial charge in [-0.15, -0.1) is 23.7 Å². The van der Waals surface area contributed by atoms with E-state index in [-0.39, 0.29) is 12.4 Å². The Morgan fingerprint density at radius 2 is 2.04 bits per heavy atom. The minimum Gasteiger partial charge on any atom is -0.330 e. The maximum Gasteiger partial charge on any atom is 0.123 e. The van der Waals surface area contributed by atoms with E-state index in [1.165, 1.54) is 42.6 Å². The zero-order valence-electron chi connectivity index (χ0n) is 13.7. The zero-order valence-corrected chi connectivity index (χ0v) is 15.3. The second-order valence-electron chi connectivity index (χ2n) is 6.21. The molecule has 5 heteroatoms. The van der Waals surface area contributed by atoms with Crippen LogP contribution < -0.4 is 5.73 Å². The summed E-state index contributed by atoms with van der Waals surface area (Å²) < 4.78 is 0. The molecule has 1 aromatic heterocycles. The highest BCUT2D eigenvalue weighted by molar-refractivity contribution is 7.13. The summed E-state index contributed by atoms with van der Waals surface area (Å²) in [5, 5.41) is 3.34. The molecule has 1 unspecified atom stereocenters. The third kappa shape index (κ3) is 4.77. The highest BCUT2D eigenvalue weighted by atomic mass is 35.5. The van der Waals surface area contributed by atoms with E-state index in [0.717, 1.165) is 24.5 Å². The second-order valence-corrected chi connectivity index (χ2v) is 7.07. The molecule has 3 rings (SSSR count). The standard InChI is InChI=1S/C18H25N3S.ClH/c1-14-5-7-15(8-6-14)18-20-16(13-22-18)12-21-11-3-2-4-17(21)9-10-19;/h5-8,13,17H,2-4,9-12,19H2,1H3;1H. The lowest BCUT2D eigenvalue weighted by Gasteiger charge is -2.35. The Kier molecular flexibility index (Phi) is 7.03. The first kappa shape index (κ1) is 18.4. The van der Waals surface area contributed by atoms with Crippen molar-refractivity contribution in [2.24, 2.45) is 5.73 Å². The van der Waals surface area contributed by atoms with Crippen LogP contribution in [0.5, 0.6) is 0 Å². The van der Waals surface area contributed by atoms with Crippen molar-refractivity contribution in [1.82, 2.24) is 9.88 Å². The van der Waals surface area contributed by atoms with E-state index < -0.39 is 0 Å². The highest BCUT2D eigenvalue weighted by Gasteiger charge is 2.22. The van der Waals surface area contributed by atoms with Gasteiger partial charge in [0.05, 0.1) is 5.69 Å². The van der Waals surface area contributed by atoms with Gasteiger partial charge in [-0.2, -0.15) is 0 Å². The number of nitrogens with zero attached hydrogens (tertiary/aromatic N) is 2. The molecule has 0 aliphatic carbocycles. The van der Waals surface area contributed by atoms with Crippen LogP contribution in [0.4, 0.5) is 0 Å². The van der Waals surface area contributed by atoms with Gasteiger partial charge in [0.15, 0.2) is 0 Å². The summed E-state index contributed by atoms with van der Waals surface area (Å²) >= 11 is 1.75. The van der Waals surface area contributed by atoms with Crippen molar-refractivity contribution in [2.45, 2.75) is 45.2 Å². The number of aromatic nitrogens is 1. The summed E-state index contributed by atoms with van der Waals surface area (Å²) in [7, 11) is 0. The maximum atomic E-state index is 5.77. The van der Waals surface area contributed by atoms with Crippen LogP contribution in [0.25, 0.3) is 10.6 Å². The molecule has 0 saturated carbocycles. The summed E-state index contributed by atoms with van der Waals surface area (Å²) in [5.41, 5.74) is 9.48. The average molecular weight is 352 g/mol. The van der Waals surface area contributed by atoms with Gasteiger partial charge in [0.25, 0.3) is 0 Å². The fourth-order valence-corrected chi connectivity index (χ4v) is 4.02. The molecule has 2 N–H and O–H groups in total. The first-order valence-electron chi connectivity index (χ1n) is 8.22. The minimum atomic E-state index is 0. The predicted molar refractivity (Wildman–Crippen MR) is 101 cm³/mol. The van der Waals surface area contributed by atoms with Gasteiger partial charge in [0.1, 0.15) is 5.01 Å². The van der Waals surface area contributed by atoms with Crippen LogP contribution in [0.3, 0.4) is 0 Å². The minimum absolute atomic E-state index is 0. The molecule has 0 spiro atoms. The van der Waals surface area contributed by atoms with E-state index in [1.807, 2.05) is 0 Å². The number of thiazole rings is 1. The molecule has 1 fully saturated rings. The van der Waals surface area contributed by atoms with Crippen molar-refractivity contribution in [1.29, 1.82) is 0 Å². The third-order valence-electron chi connectivity index (χ3n) is 4.46. The van der Waals surface area contributed by atoms with E-state index in [2.05, 4.69) is 41.5 Å². The Morgan fingerprint density at radius 1 is 1.26 bits per heavy atom. The Balaban J connectivity index is 0.00000192. The summed E-state index contributed by atoms with van der Waals surface area (Å²) in [6, 6.07) is 9.27. The van der Waals surface area contributed by atoms with Crippen molar-refractivity contribution >= 4 is 23.7 Å². The largest absolute Gasteiger partial charge is 0.330 e. The highest BCUT2D eigenvalue weighted by Crippen LogP contribution is 2.26. The number of piperidine rings is 1. The van der Waals surface area contributed by atoms with Crippen molar-refractivity contribution in [3.8, 4) is 10.6 Å². The zero-order chi connectivity index (χ0) is 15.4. The van der Waals surface area contributed by atoms with Crippen molar-refractivity contribution in [2.75, 3.05) is 13.1 Å². The van der Waals surface area contributed by atoms with E-state index in [0.29, 0.717) is 6.04 Å². The fourth-order valence-electron chi connectivity index (χ4n) is 3.20. The molecule has 0 amide bonds. The smallest absolute Gasteiger partial charge is 0.123 e. The van der Waals surface area contributed by atoms with Crippen molar-refractivity contribution < 1.29 is 0 Å². The third-order valence-corrected chi connectivity index (χ3v) is 5.40. The quantitative estimate of drug-likeness (QED) is 0.875. The van der Waals surface area contributed by atoms with Crippen molar-refractivity contribution in [3.05, 3.63) is 40.9 Å². The molecule has 3 nitrogen and oxygen atoms in total. The van der Waals surface area contributed by atoms with Crippen LogP contribution >= 0.6 is 23.7 Å². The van der Waals surface area contributed by atoms with E-state index in [1.54, 1.807) is 11.3 Å². The second kappa shape index (κ2) is 8.78. The molecule has 2 aromatic rings.